The third kappa shape index (κ3) is 3.49. The highest BCUT2D eigenvalue weighted by atomic mass is 32.2. The number of hydrogen-bond acceptors (Lipinski definition) is 6. The Balaban J connectivity index is 2.25. The van der Waals surface area contributed by atoms with Crippen LogP contribution in [0.2, 0.25) is 0 Å². The number of esters is 1. The van der Waals surface area contributed by atoms with Crippen LogP contribution >= 0.6 is 0 Å². The van der Waals surface area contributed by atoms with Crippen LogP contribution in [0.5, 0.6) is 0 Å². The van der Waals surface area contributed by atoms with Crippen LogP contribution in [0.15, 0.2) is 34.3 Å². The number of nitrogens with zero attached hydrogens (tertiary/aromatic N) is 2. The van der Waals surface area contributed by atoms with Crippen molar-refractivity contribution in [1.29, 1.82) is 0 Å². The summed E-state index contributed by atoms with van der Waals surface area (Å²) in [6.45, 7) is 1.63. The highest BCUT2D eigenvalue weighted by Crippen LogP contribution is 2.20. The molecule has 0 spiro atoms. The first kappa shape index (κ1) is 16.1. The fourth-order valence-electron chi connectivity index (χ4n) is 1.97. The minimum absolute atomic E-state index is 0.0313. The van der Waals surface area contributed by atoms with Crippen LogP contribution in [-0.2, 0) is 31.0 Å². The van der Waals surface area contributed by atoms with Crippen molar-refractivity contribution in [3.8, 4) is 0 Å². The Bertz CT molecular complexity index is 741. The van der Waals surface area contributed by atoms with Crippen LogP contribution in [0.1, 0.15) is 18.9 Å². The molecule has 2 rings (SSSR count). The average Bonchev–Trinajstić information content (AvgIpc) is 2.80. The van der Waals surface area contributed by atoms with Gasteiger partial charge in [-0.2, -0.15) is 13.5 Å². The van der Waals surface area contributed by atoms with E-state index in [0.29, 0.717) is 0 Å². The molecule has 1 aromatic carbocycles. The molecular weight excluding hydrogens is 312 g/mol. The van der Waals surface area contributed by atoms with E-state index in [2.05, 4.69) is 5.10 Å². The van der Waals surface area contributed by atoms with Gasteiger partial charge in [-0.1, -0.05) is 18.2 Å². The van der Waals surface area contributed by atoms with E-state index >= 15 is 0 Å². The van der Waals surface area contributed by atoms with Gasteiger partial charge in [0.25, 0.3) is 10.1 Å². The number of carbonyl (C=O) groups excluding carboxylic acids is 2. The molecule has 1 amide bonds. The van der Waals surface area contributed by atoms with Gasteiger partial charge in [0, 0.05) is 0 Å². The zero-order valence-electron chi connectivity index (χ0n) is 11.7. The van der Waals surface area contributed by atoms with Gasteiger partial charge in [0.15, 0.2) is 5.71 Å². The Hall–Kier alpha value is -2.26. The first-order chi connectivity index (χ1) is 10.3. The third-order valence-electron chi connectivity index (χ3n) is 2.93. The van der Waals surface area contributed by atoms with Gasteiger partial charge in [-0.05, 0) is 18.6 Å². The molecule has 1 heterocycles. The Morgan fingerprint density at radius 2 is 2.09 bits per heavy atom. The first-order valence-corrected chi connectivity index (χ1v) is 7.87. The Morgan fingerprint density at radius 1 is 1.41 bits per heavy atom. The van der Waals surface area contributed by atoms with Crippen molar-refractivity contribution < 1.29 is 27.3 Å². The third-order valence-corrected chi connectivity index (χ3v) is 3.88. The monoisotopic (exact) mass is 326 g/mol. The van der Waals surface area contributed by atoms with Gasteiger partial charge in [-0.25, -0.2) is 9.80 Å². The summed E-state index contributed by atoms with van der Waals surface area (Å²) in [7, 11) is -4.41. The van der Waals surface area contributed by atoms with E-state index in [0.717, 1.165) is 5.01 Å². The van der Waals surface area contributed by atoms with Crippen molar-refractivity contribution in [1.82, 2.24) is 5.01 Å². The molecule has 0 atom stereocenters. The second kappa shape index (κ2) is 6.24. The van der Waals surface area contributed by atoms with Gasteiger partial charge in [-0.3, -0.25) is 9.35 Å². The van der Waals surface area contributed by atoms with Gasteiger partial charge in [0.2, 0.25) is 5.91 Å². The van der Waals surface area contributed by atoms with E-state index in [1.807, 2.05) is 0 Å². The highest BCUT2D eigenvalue weighted by Gasteiger charge is 2.30. The van der Waals surface area contributed by atoms with Crippen molar-refractivity contribution in [2.24, 2.45) is 5.10 Å². The van der Waals surface area contributed by atoms with Crippen LogP contribution in [0.3, 0.4) is 0 Å². The lowest BCUT2D eigenvalue weighted by molar-refractivity contribution is -0.135. The smallest absolute Gasteiger partial charge is 0.355 e. The first-order valence-electron chi connectivity index (χ1n) is 6.43. The van der Waals surface area contributed by atoms with E-state index in [-0.39, 0.29) is 35.7 Å². The van der Waals surface area contributed by atoms with Gasteiger partial charge in [0.05, 0.1) is 24.5 Å². The largest absolute Gasteiger partial charge is 0.461 e. The Labute approximate surface area is 127 Å². The maximum absolute atomic E-state index is 11.9. The number of carbonyl (C=O) groups is 2. The van der Waals surface area contributed by atoms with Gasteiger partial charge < -0.3 is 4.74 Å². The fourth-order valence-corrected chi connectivity index (χ4v) is 2.68. The van der Waals surface area contributed by atoms with Gasteiger partial charge in [0.1, 0.15) is 0 Å². The Kier molecular flexibility index (Phi) is 4.57. The molecule has 0 aliphatic carbocycles. The summed E-state index contributed by atoms with van der Waals surface area (Å²) in [5.74, 6) is -1.13. The van der Waals surface area contributed by atoms with E-state index in [4.69, 9.17) is 4.74 Å². The number of ether oxygens (including phenoxy) is 1. The van der Waals surface area contributed by atoms with E-state index in [9.17, 15) is 22.6 Å². The Morgan fingerprint density at radius 3 is 2.73 bits per heavy atom. The van der Waals surface area contributed by atoms with Crippen LogP contribution in [0.25, 0.3) is 0 Å². The second-order valence-electron chi connectivity index (χ2n) is 4.48. The van der Waals surface area contributed by atoms with Gasteiger partial charge >= 0.3 is 5.97 Å². The molecule has 1 N–H and O–H groups in total. The van der Waals surface area contributed by atoms with E-state index < -0.39 is 22.0 Å². The molecule has 118 valence electrons. The van der Waals surface area contributed by atoms with Crippen LogP contribution in [0, 0.1) is 0 Å². The highest BCUT2D eigenvalue weighted by molar-refractivity contribution is 7.85. The van der Waals surface area contributed by atoms with E-state index in [1.54, 1.807) is 13.0 Å². The molecule has 1 aliphatic rings. The number of amides is 1. The lowest BCUT2D eigenvalue weighted by Crippen LogP contribution is -2.21. The van der Waals surface area contributed by atoms with Crippen molar-refractivity contribution in [2.45, 2.75) is 24.8 Å². The summed E-state index contributed by atoms with van der Waals surface area (Å²) in [6, 6.07) is 5.70. The summed E-state index contributed by atoms with van der Waals surface area (Å²) < 4.78 is 36.6. The maximum Gasteiger partial charge on any atom is 0.355 e. The number of rotatable bonds is 5. The second-order valence-corrected chi connectivity index (χ2v) is 5.87. The van der Waals surface area contributed by atoms with Crippen LogP contribution < -0.4 is 0 Å². The summed E-state index contributed by atoms with van der Waals surface area (Å²) in [5, 5.41) is 4.84. The predicted molar refractivity (Wildman–Crippen MR) is 75.5 cm³/mol. The maximum atomic E-state index is 11.9. The van der Waals surface area contributed by atoms with Crippen molar-refractivity contribution in [3.05, 3.63) is 29.8 Å². The topological polar surface area (TPSA) is 113 Å². The number of benzene rings is 1. The molecule has 0 unspecified atom stereocenters. The molecule has 0 bridgehead atoms. The van der Waals surface area contributed by atoms with Gasteiger partial charge in [-0.15, -0.1) is 0 Å². The number of hydrazone groups is 1. The standard InChI is InChI=1S/C13H14N2O6S/c1-2-21-13(17)10-7-12(16)15(14-10)8-9-5-3-4-6-11(9)22(18,19)20/h3-6H,2,7-8H2,1H3,(H,18,19,20). The normalized spacial score (nSPS) is 14.9. The molecule has 1 aliphatic heterocycles. The van der Waals surface area contributed by atoms with Crippen molar-refractivity contribution in [3.63, 3.8) is 0 Å². The van der Waals surface area contributed by atoms with Crippen molar-refractivity contribution in [2.75, 3.05) is 6.61 Å². The molecule has 22 heavy (non-hydrogen) atoms. The summed E-state index contributed by atoms with van der Waals surface area (Å²) >= 11 is 0. The molecule has 0 radical (unpaired) electrons. The lowest BCUT2D eigenvalue weighted by Gasteiger charge is -2.13. The summed E-state index contributed by atoms with van der Waals surface area (Å²) in [4.78, 5) is 23.1. The molecule has 0 saturated carbocycles. The molecule has 0 aromatic heterocycles. The lowest BCUT2D eigenvalue weighted by atomic mass is 10.2. The molecule has 1 aromatic rings. The molecule has 0 saturated heterocycles. The zero-order valence-corrected chi connectivity index (χ0v) is 12.5. The number of hydrogen-bond donors (Lipinski definition) is 1. The molecule has 8 nitrogen and oxygen atoms in total. The molecule has 0 fully saturated rings. The van der Waals surface area contributed by atoms with E-state index in [1.165, 1.54) is 18.2 Å². The van der Waals surface area contributed by atoms with Crippen LogP contribution in [-0.4, -0.2) is 42.2 Å². The summed E-state index contributed by atoms with van der Waals surface area (Å²) in [6.07, 6.45) is -0.202. The zero-order chi connectivity index (χ0) is 16.3. The fraction of sp³-hybridized carbons (Fsp3) is 0.308. The minimum Gasteiger partial charge on any atom is -0.461 e. The summed E-state index contributed by atoms with van der Waals surface area (Å²) in [5.41, 5.74) is 0.170. The van der Waals surface area contributed by atoms with Crippen LogP contribution in [0.4, 0.5) is 0 Å². The average molecular weight is 326 g/mol. The van der Waals surface area contributed by atoms with Crippen molar-refractivity contribution >= 4 is 27.7 Å². The molecular formula is C13H14N2O6S. The predicted octanol–water partition coefficient (Wildman–Crippen LogP) is 0.585. The minimum atomic E-state index is -4.41. The molecule has 9 heteroatoms. The quantitative estimate of drug-likeness (QED) is 0.625. The SMILES string of the molecule is CCOC(=O)C1=NN(Cc2ccccc2S(=O)(=O)O)C(=O)C1.